The summed E-state index contributed by atoms with van der Waals surface area (Å²) in [5, 5.41) is 1.62. The van der Waals surface area contributed by atoms with Crippen LogP contribution in [0.25, 0.3) is 10.8 Å². The topological polar surface area (TPSA) is 53.0 Å². The quantitative estimate of drug-likeness (QED) is 0.326. The summed E-state index contributed by atoms with van der Waals surface area (Å²) in [5.41, 5.74) is 4.47. The van der Waals surface area contributed by atoms with Gasteiger partial charge in [0.2, 0.25) is 0 Å². The minimum absolute atomic E-state index is 0.309. The van der Waals surface area contributed by atoms with Crippen molar-refractivity contribution in [3.05, 3.63) is 102 Å². The first-order valence-corrected chi connectivity index (χ1v) is 10.3. The number of carbonyl (C=O) groups excluding carboxylic acids is 2. The fraction of sp³-hybridized carbons (Fsp3) is 0.0741. The van der Waals surface area contributed by atoms with Gasteiger partial charge in [-0.3, -0.25) is 14.6 Å². The highest BCUT2D eigenvalue weighted by Crippen LogP contribution is 2.33. The molecule has 0 radical (unpaired) electrons. The Balaban J connectivity index is 1.42. The van der Waals surface area contributed by atoms with Gasteiger partial charge >= 0.3 is 0 Å². The largest absolute Gasteiger partial charge is 0.378 e. The van der Waals surface area contributed by atoms with E-state index in [-0.39, 0.29) is 11.8 Å². The Hall–Kier alpha value is -4.25. The molecule has 0 bridgehead atoms. The summed E-state index contributed by atoms with van der Waals surface area (Å²) in [4.78, 5) is 34.1. The molecule has 0 fully saturated rings. The summed E-state index contributed by atoms with van der Waals surface area (Å²) in [6.07, 6.45) is 1.79. The van der Waals surface area contributed by atoms with E-state index in [1.807, 2.05) is 79.7 Å². The molecule has 5 rings (SSSR count). The zero-order valence-corrected chi connectivity index (χ0v) is 17.8. The molecule has 1 aliphatic rings. The van der Waals surface area contributed by atoms with Crippen molar-refractivity contribution in [3.8, 4) is 0 Å². The molecular formula is C27H21N3O2. The number of nitrogens with zero attached hydrogens (tertiary/aromatic N) is 3. The molecular weight excluding hydrogens is 398 g/mol. The Morgan fingerprint density at radius 3 is 1.91 bits per heavy atom. The third-order valence-corrected chi connectivity index (χ3v) is 5.65. The van der Waals surface area contributed by atoms with Crippen LogP contribution < -0.4 is 9.80 Å². The third-order valence-electron chi connectivity index (χ3n) is 5.65. The van der Waals surface area contributed by atoms with Crippen LogP contribution in [0.4, 0.5) is 17.1 Å². The molecule has 0 saturated heterocycles. The molecule has 5 nitrogen and oxygen atoms in total. The van der Waals surface area contributed by atoms with Crippen molar-refractivity contribution < 1.29 is 9.59 Å². The van der Waals surface area contributed by atoms with Gasteiger partial charge in [-0.15, -0.1) is 0 Å². The lowest BCUT2D eigenvalue weighted by Crippen LogP contribution is -2.40. The highest BCUT2D eigenvalue weighted by Gasteiger charge is 2.33. The van der Waals surface area contributed by atoms with Gasteiger partial charge < -0.3 is 4.90 Å². The van der Waals surface area contributed by atoms with Gasteiger partial charge in [-0.1, -0.05) is 36.4 Å². The predicted octanol–water partition coefficient (Wildman–Crippen LogP) is 5.46. The van der Waals surface area contributed by atoms with Gasteiger partial charge in [-0.2, -0.15) is 0 Å². The van der Waals surface area contributed by atoms with E-state index in [0.29, 0.717) is 16.8 Å². The summed E-state index contributed by atoms with van der Waals surface area (Å²) >= 11 is 0. The molecule has 0 saturated carbocycles. The molecule has 1 heterocycles. The van der Waals surface area contributed by atoms with Crippen LogP contribution >= 0.6 is 0 Å². The Morgan fingerprint density at radius 2 is 1.34 bits per heavy atom. The van der Waals surface area contributed by atoms with E-state index in [1.165, 1.54) is 4.90 Å². The Morgan fingerprint density at radius 1 is 0.750 bits per heavy atom. The second kappa shape index (κ2) is 7.78. The first-order chi connectivity index (χ1) is 15.5. The molecule has 1 aliphatic heterocycles. The lowest BCUT2D eigenvalue weighted by Gasteiger charge is -2.27. The number of hydrogen-bond acceptors (Lipinski definition) is 4. The highest BCUT2D eigenvalue weighted by molar-refractivity contribution is 6.35. The SMILES string of the molecule is CN(C)c1ccc(C=Nc2ccc(N3C(=O)c4cccc5cccc(c45)C3=O)cc2)cc1. The monoisotopic (exact) mass is 419 g/mol. The molecule has 0 atom stereocenters. The number of aliphatic imine (C=N–C) groups is 1. The summed E-state index contributed by atoms with van der Waals surface area (Å²) < 4.78 is 0. The van der Waals surface area contributed by atoms with Gasteiger partial charge in [0.25, 0.3) is 11.8 Å². The van der Waals surface area contributed by atoms with E-state index in [2.05, 4.69) is 4.99 Å². The van der Waals surface area contributed by atoms with Gasteiger partial charge in [0.05, 0.1) is 11.4 Å². The molecule has 0 aromatic heterocycles. The Labute approximate surface area is 186 Å². The summed E-state index contributed by atoms with van der Waals surface area (Å²) in [6, 6.07) is 26.3. The van der Waals surface area contributed by atoms with E-state index in [1.54, 1.807) is 30.5 Å². The van der Waals surface area contributed by atoms with Crippen molar-refractivity contribution in [3.63, 3.8) is 0 Å². The zero-order valence-electron chi connectivity index (χ0n) is 17.8. The van der Waals surface area contributed by atoms with Gasteiger partial charge in [0, 0.05) is 42.5 Å². The first kappa shape index (κ1) is 19.7. The van der Waals surface area contributed by atoms with Crippen LogP contribution in [0.5, 0.6) is 0 Å². The first-order valence-electron chi connectivity index (χ1n) is 10.3. The maximum absolute atomic E-state index is 13.2. The Bertz CT molecular complexity index is 1320. The van der Waals surface area contributed by atoms with Crippen LogP contribution in [0.15, 0.2) is 89.9 Å². The lowest BCUT2D eigenvalue weighted by atomic mass is 9.94. The maximum atomic E-state index is 13.2. The van der Waals surface area contributed by atoms with Crippen LogP contribution in [0.3, 0.4) is 0 Å². The predicted molar refractivity (Wildman–Crippen MR) is 130 cm³/mol. The lowest BCUT2D eigenvalue weighted by molar-refractivity contribution is 0.0893. The minimum atomic E-state index is -0.309. The molecule has 156 valence electrons. The van der Waals surface area contributed by atoms with Gasteiger partial charge in [-0.25, -0.2) is 4.90 Å². The normalized spacial score (nSPS) is 13.2. The van der Waals surface area contributed by atoms with E-state index < -0.39 is 0 Å². The fourth-order valence-corrected chi connectivity index (χ4v) is 3.96. The molecule has 0 spiro atoms. The average Bonchev–Trinajstić information content (AvgIpc) is 2.82. The molecule has 4 aromatic carbocycles. The second-order valence-corrected chi connectivity index (χ2v) is 7.92. The smallest absolute Gasteiger partial charge is 0.265 e. The number of anilines is 2. The maximum Gasteiger partial charge on any atom is 0.265 e. The summed E-state index contributed by atoms with van der Waals surface area (Å²) in [6.45, 7) is 0. The number of amides is 2. The van der Waals surface area contributed by atoms with Crippen LogP contribution in [0.1, 0.15) is 26.3 Å². The number of benzene rings is 4. The molecule has 4 aromatic rings. The van der Waals surface area contributed by atoms with Crippen LogP contribution in [-0.2, 0) is 0 Å². The van der Waals surface area contributed by atoms with Gasteiger partial charge in [0.15, 0.2) is 0 Å². The van der Waals surface area contributed by atoms with Crippen molar-refractivity contribution in [2.45, 2.75) is 0 Å². The molecule has 0 N–H and O–H groups in total. The van der Waals surface area contributed by atoms with Crippen molar-refractivity contribution >= 4 is 45.9 Å². The molecule has 0 aliphatic carbocycles. The molecule has 5 heteroatoms. The van der Waals surface area contributed by atoms with E-state index >= 15 is 0 Å². The standard InChI is InChI=1S/C27H21N3O2/c1-29(2)21-13-9-18(10-14-21)17-28-20-11-15-22(16-12-20)30-26(31)23-7-3-5-19-6-4-8-24(25(19)23)27(30)32/h3-17H,1-2H3. The molecule has 32 heavy (non-hydrogen) atoms. The van der Waals surface area contributed by atoms with Crippen molar-refractivity contribution in [1.82, 2.24) is 0 Å². The number of rotatable bonds is 4. The molecule has 2 amide bonds. The third kappa shape index (κ3) is 3.34. The summed E-state index contributed by atoms with van der Waals surface area (Å²) in [7, 11) is 4.00. The molecule has 0 unspecified atom stereocenters. The highest BCUT2D eigenvalue weighted by atomic mass is 16.2. The van der Waals surface area contributed by atoms with Gasteiger partial charge in [-0.05, 0) is 59.5 Å². The second-order valence-electron chi connectivity index (χ2n) is 7.92. The fourth-order valence-electron chi connectivity index (χ4n) is 3.96. The van der Waals surface area contributed by atoms with Crippen molar-refractivity contribution in [1.29, 1.82) is 0 Å². The summed E-state index contributed by atoms with van der Waals surface area (Å²) in [5.74, 6) is -0.618. The number of hydrogen-bond donors (Lipinski definition) is 0. The van der Waals surface area contributed by atoms with E-state index in [0.717, 1.165) is 27.7 Å². The van der Waals surface area contributed by atoms with Crippen LogP contribution in [0, 0.1) is 0 Å². The average molecular weight is 419 g/mol. The van der Waals surface area contributed by atoms with Crippen molar-refractivity contribution in [2.24, 2.45) is 4.99 Å². The zero-order chi connectivity index (χ0) is 22.2. The van der Waals surface area contributed by atoms with Crippen LogP contribution in [-0.4, -0.2) is 32.1 Å². The Kier molecular flexibility index (Phi) is 4.79. The van der Waals surface area contributed by atoms with Crippen molar-refractivity contribution in [2.75, 3.05) is 23.9 Å². The van der Waals surface area contributed by atoms with Crippen LogP contribution in [0.2, 0.25) is 0 Å². The van der Waals surface area contributed by atoms with Gasteiger partial charge in [0.1, 0.15) is 0 Å². The number of imide groups is 1. The van der Waals surface area contributed by atoms with E-state index in [9.17, 15) is 9.59 Å². The number of carbonyl (C=O) groups is 2. The minimum Gasteiger partial charge on any atom is -0.378 e. The van der Waals surface area contributed by atoms with E-state index in [4.69, 9.17) is 0 Å².